The SMILES string of the molecule is CCn1c2ccccc2c2cc(/C=N\NC(=O)c3ccc(OC)c(I)c3)ccc21. The maximum absolute atomic E-state index is 12.3. The Morgan fingerprint density at radius 1 is 1.10 bits per heavy atom. The number of nitrogens with one attached hydrogen (secondary N) is 1. The summed E-state index contributed by atoms with van der Waals surface area (Å²) in [5.41, 5.74) is 6.48. The molecule has 0 spiro atoms. The Bertz CT molecular complexity index is 1240. The van der Waals surface area contributed by atoms with Crippen molar-refractivity contribution in [3.63, 3.8) is 0 Å². The molecule has 0 unspecified atom stereocenters. The normalized spacial score (nSPS) is 11.4. The highest BCUT2D eigenvalue weighted by Crippen LogP contribution is 2.29. The van der Waals surface area contributed by atoms with Gasteiger partial charge in [0.15, 0.2) is 0 Å². The van der Waals surface area contributed by atoms with Crippen molar-refractivity contribution in [1.29, 1.82) is 0 Å². The van der Waals surface area contributed by atoms with Gasteiger partial charge in [0.2, 0.25) is 0 Å². The molecule has 1 N–H and O–H groups in total. The average Bonchev–Trinajstić information content (AvgIpc) is 3.06. The van der Waals surface area contributed by atoms with Gasteiger partial charge in [0, 0.05) is 33.9 Å². The summed E-state index contributed by atoms with van der Waals surface area (Å²) in [7, 11) is 1.61. The summed E-state index contributed by atoms with van der Waals surface area (Å²) >= 11 is 2.14. The molecule has 5 nitrogen and oxygen atoms in total. The smallest absolute Gasteiger partial charge is 0.271 e. The van der Waals surface area contributed by atoms with Gasteiger partial charge in [-0.3, -0.25) is 4.79 Å². The molecule has 4 aromatic rings. The lowest BCUT2D eigenvalue weighted by atomic mass is 10.1. The summed E-state index contributed by atoms with van der Waals surface area (Å²) in [6, 6.07) is 19.9. The molecule has 1 aromatic heterocycles. The second-order valence-corrected chi connectivity index (χ2v) is 7.75. The third kappa shape index (κ3) is 3.72. The molecule has 29 heavy (non-hydrogen) atoms. The van der Waals surface area contributed by atoms with Crippen molar-refractivity contribution in [2.45, 2.75) is 13.5 Å². The topological polar surface area (TPSA) is 55.6 Å². The van der Waals surface area contributed by atoms with Crippen molar-refractivity contribution in [2.24, 2.45) is 5.10 Å². The van der Waals surface area contributed by atoms with Gasteiger partial charge in [-0.05, 0) is 71.5 Å². The summed E-state index contributed by atoms with van der Waals surface area (Å²) < 4.78 is 8.40. The summed E-state index contributed by atoms with van der Waals surface area (Å²) in [6.45, 7) is 3.06. The zero-order valence-electron chi connectivity index (χ0n) is 16.1. The number of fused-ring (bicyclic) bond motifs is 3. The number of methoxy groups -OCH3 is 1. The number of halogens is 1. The first-order valence-electron chi connectivity index (χ1n) is 9.30. The summed E-state index contributed by atoms with van der Waals surface area (Å²) in [6.07, 6.45) is 1.67. The Kier molecular flexibility index (Phi) is 5.53. The van der Waals surface area contributed by atoms with E-state index in [2.05, 4.69) is 81.0 Å². The highest BCUT2D eigenvalue weighted by Gasteiger charge is 2.10. The van der Waals surface area contributed by atoms with E-state index in [1.807, 2.05) is 6.07 Å². The fourth-order valence-electron chi connectivity index (χ4n) is 3.53. The Balaban J connectivity index is 1.58. The molecule has 4 rings (SSSR count). The number of ether oxygens (including phenoxy) is 1. The van der Waals surface area contributed by atoms with Crippen LogP contribution in [-0.4, -0.2) is 23.8 Å². The maximum atomic E-state index is 12.3. The first kappa shape index (κ1) is 19.4. The van der Waals surface area contributed by atoms with Crippen molar-refractivity contribution >= 4 is 56.5 Å². The van der Waals surface area contributed by atoms with Crippen molar-refractivity contribution < 1.29 is 9.53 Å². The number of rotatable bonds is 5. The first-order chi connectivity index (χ1) is 14.1. The van der Waals surface area contributed by atoms with Gasteiger partial charge in [-0.2, -0.15) is 5.10 Å². The minimum Gasteiger partial charge on any atom is -0.496 e. The number of aromatic nitrogens is 1. The largest absolute Gasteiger partial charge is 0.496 e. The van der Waals surface area contributed by atoms with E-state index in [0.29, 0.717) is 5.56 Å². The number of amides is 1. The van der Waals surface area contributed by atoms with E-state index in [1.54, 1.807) is 31.5 Å². The van der Waals surface area contributed by atoms with Gasteiger partial charge in [-0.25, -0.2) is 5.43 Å². The lowest BCUT2D eigenvalue weighted by Crippen LogP contribution is -2.17. The molecule has 0 saturated carbocycles. The average molecular weight is 497 g/mol. The lowest BCUT2D eigenvalue weighted by Gasteiger charge is -2.05. The number of benzene rings is 3. The van der Waals surface area contributed by atoms with Crippen LogP contribution in [0.25, 0.3) is 21.8 Å². The first-order valence-corrected chi connectivity index (χ1v) is 10.4. The van der Waals surface area contributed by atoms with Crippen LogP contribution >= 0.6 is 22.6 Å². The van der Waals surface area contributed by atoms with Crippen LogP contribution < -0.4 is 10.2 Å². The van der Waals surface area contributed by atoms with Crippen LogP contribution in [0.5, 0.6) is 5.75 Å². The van der Waals surface area contributed by atoms with Gasteiger partial charge in [-0.15, -0.1) is 0 Å². The molecule has 6 heteroatoms. The molecular formula is C23H20IN3O2. The van der Waals surface area contributed by atoms with E-state index in [1.165, 1.54) is 21.8 Å². The molecule has 0 bridgehead atoms. The van der Waals surface area contributed by atoms with Crippen LogP contribution in [0.2, 0.25) is 0 Å². The number of hydrogen-bond donors (Lipinski definition) is 1. The highest BCUT2D eigenvalue weighted by molar-refractivity contribution is 14.1. The van der Waals surface area contributed by atoms with Crippen LogP contribution in [0.15, 0.2) is 65.8 Å². The lowest BCUT2D eigenvalue weighted by molar-refractivity contribution is 0.0955. The van der Waals surface area contributed by atoms with E-state index in [9.17, 15) is 4.79 Å². The van der Waals surface area contributed by atoms with Crippen molar-refractivity contribution in [1.82, 2.24) is 9.99 Å². The third-order valence-electron chi connectivity index (χ3n) is 4.91. The Morgan fingerprint density at radius 2 is 1.90 bits per heavy atom. The van der Waals surface area contributed by atoms with Crippen LogP contribution in [0.3, 0.4) is 0 Å². The molecule has 146 valence electrons. The number of aryl methyl sites for hydroxylation is 1. The number of carbonyl (C=O) groups excluding carboxylic acids is 1. The molecule has 0 aliphatic carbocycles. The fourth-order valence-corrected chi connectivity index (χ4v) is 4.27. The quantitative estimate of drug-likeness (QED) is 0.235. The van der Waals surface area contributed by atoms with Crippen molar-refractivity contribution in [3.8, 4) is 5.75 Å². The predicted octanol–water partition coefficient (Wildman–Crippen LogP) is 5.19. The molecular weight excluding hydrogens is 477 g/mol. The van der Waals surface area contributed by atoms with Gasteiger partial charge in [0.25, 0.3) is 5.91 Å². The Labute approximate surface area is 182 Å². The zero-order chi connectivity index (χ0) is 20.4. The van der Waals surface area contributed by atoms with Gasteiger partial charge < -0.3 is 9.30 Å². The number of para-hydroxylation sites is 1. The van der Waals surface area contributed by atoms with Gasteiger partial charge in [0.1, 0.15) is 5.75 Å². The van der Waals surface area contributed by atoms with Crippen LogP contribution in [0.1, 0.15) is 22.8 Å². The van der Waals surface area contributed by atoms with Crippen LogP contribution in [0, 0.1) is 3.57 Å². The molecule has 1 heterocycles. The molecule has 0 saturated heterocycles. The van der Waals surface area contributed by atoms with Crippen LogP contribution in [-0.2, 0) is 6.54 Å². The molecule has 0 fully saturated rings. The second-order valence-electron chi connectivity index (χ2n) is 6.59. The maximum Gasteiger partial charge on any atom is 0.271 e. The van der Waals surface area contributed by atoms with Gasteiger partial charge in [-0.1, -0.05) is 24.3 Å². The molecule has 0 aliphatic heterocycles. The zero-order valence-corrected chi connectivity index (χ0v) is 18.3. The number of nitrogens with zero attached hydrogens (tertiary/aromatic N) is 2. The predicted molar refractivity (Wildman–Crippen MR) is 126 cm³/mol. The summed E-state index contributed by atoms with van der Waals surface area (Å²) in [5.74, 6) is 0.482. The summed E-state index contributed by atoms with van der Waals surface area (Å²) in [4.78, 5) is 12.3. The molecule has 1 amide bonds. The van der Waals surface area contributed by atoms with Gasteiger partial charge >= 0.3 is 0 Å². The van der Waals surface area contributed by atoms with Crippen molar-refractivity contribution in [2.75, 3.05) is 7.11 Å². The second kappa shape index (κ2) is 8.24. The monoisotopic (exact) mass is 497 g/mol. The summed E-state index contributed by atoms with van der Waals surface area (Å²) in [5, 5.41) is 6.54. The molecule has 0 atom stereocenters. The number of carbonyl (C=O) groups is 1. The molecule has 3 aromatic carbocycles. The minimum absolute atomic E-state index is 0.259. The Morgan fingerprint density at radius 3 is 2.66 bits per heavy atom. The third-order valence-corrected chi connectivity index (χ3v) is 5.75. The van der Waals surface area contributed by atoms with E-state index in [0.717, 1.165) is 21.4 Å². The highest BCUT2D eigenvalue weighted by atomic mass is 127. The fraction of sp³-hybridized carbons (Fsp3) is 0.130. The van der Waals surface area contributed by atoms with E-state index < -0.39 is 0 Å². The van der Waals surface area contributed by atoms with E-state index >= 15 is 0 Å². The Hall–Kier alpha value is -2.87. The molecule has 0 radical (unpaired) electrons. The minimum atomic E-state index is -0.259. The number of hydrazone groups is 1. The van der Waals surface area contributed by atoms with Crippen LogP contribution in [0.4, 0.5) is 0 Å². The van der Waals surface area contributed by atoms with Gasteiger partial charge in [0.05, 0.1) is 16.9 Å². The van der Waals surface area contributed by atoms with E-state index in [-0.39, 0.29) is 5.91 Å². The standard InChI is InChI=1S/C23H20IN3O2/c1-3-27-20-7-5-4-6-17(20)18-12-15(8-10-21(18)27)14-25-26-23(28)16-9-11-22(29-2)19(24)13-16/h4-14H,3H2,1-2H3,(H,26,28)/b25-14-. The van der Waals surface area contributed by atoms with Crippen molar-refractivity contribution in [3.05, 3.63) is 75.4 Å². The number of hydrogen-bond acceptors (Lipinski definition) is 3. The van der Waals surface area contributed by atoms with E-state index in [4.69, 9.17) is 4.74 Å². The molecule has 0 aliphatic rings.